The number of rotatable bonds is 5. The van der Waals surface area contributed by atoms with Crippen molar-refractivity contribution in [1.82, 2.24) is 15.0 Å². The number of carboxylic acid groups (broad SMARTS) is 1. The number of aliphatic hydroxyl groups excluding tert-OH is 1. The molecular formula is C17H21N3O4. The number of carbonyl (C=O) groups is 1. The maximum absolute atomic E-state index is 11.1. The lowest BCUT2D eigenvalue weighted by molar-refractivity contribution is -0.143. The number of aliphatic hydroxyl groups is 1. The molecule has 128 valence electrons. The molecule has 0 amide bonds. The van der Waals surface area contributed by atoms with Crippen molar-refractivity contribution in [3.8, 4) is 11.4 Å². The lowest BCUT2D eigenvalue weighted by Crippen LogP contribution is -2.40. The highest BCUT2D eigenvalue weighted by Crippen LogP contribution is 2.23. The van der Waals surface area contributed by atoms with E-state index < -0.39 is 12.1 Å². The summed E-state index contributed by atoms with van der Waals surface area (Å²) in [5.41, 5.74) is 1.61. The molecule has 1 aliphatic rings. The zero-order chi connectivity index (χ0) is 17.1. The smallest absolute Gasteiger partial charge is 0.307 e. The molecular weight excluding hydrogens is 310 g/mol. The van der Waals surface area contributed by atoms with Crippen LogP contribution < -0.4 is 0 Å². The van der Waals surface area contributed by atoms with Gasteiger partial charge in [-0.3, -0.25) is 9.69 Å². The summed E-state index contributed by atoms with van der Waals surface area (Å²) in [7, 11) is 0. The quantitative estimate of drug-likeness (QED) is 0.862. The van der Waals surface area contributed by atoms with Gasteiger partial charge in [0.2, 0.25) is 11.7 Å². The molecule has 1 fully saturated rings. The van der Waals surface area contributed by atoms with E-state index in [-0.39, 0.29) is 5.92 Å². The van der Waals surface area contributed by atoms with Crippen LogP contribution in [0.1, 0.15) is 30.4 Å². The average molecular weight is 331 g/mol. The molecule has 0 bridgehead atoms. The van der Waals surface area contributed by atoms with Gasteiger partial charge in [0.25, 0.3) is 0 Å². The minimum absolute atomic E-state index is 0.338. The minimum atomic E-state index is -0.756. The third kappa shape index (κ3) is 3.80. The summed E-state index contributed by atoms with van der Waals surface area (Å²) >= 11 is 0. The number of hydrogen-bond donors (Lipinski definition) is 2. The van der Waals surface area contributed by atoms with E-state index in [1.54, 1.807) is 6.92 Å². The van der Waals surface area contributed by atoms with Gasteiger partial charge < -0.3 is 14.7 Å². The van der Waals surface area contributed by atoms with Crippen LogP contribution in [0.3, 0.4) is 0 Å². The fourth-order valence-corrected chi connectivity index (χ4v) is 3.04. The monoisotopic (exact) mass is 331 g/mol. The molecule has 7 nitrogen and oxygen atoms in total. The van der Waals surface area contributed by atoms with Gasteiger partial charge in [0.1, 0.15) is 0 Å². The van der Waals surface area contributed by atoms with Gasteiger partial charge >= 0.3 is 5.97 Å². The molecule has 3 rings (SSSR count). The van der Waals surface area contributed by atoms with E-state index in [0.29, 0.717) is 31.2 Å². The third-order valence-electron chi connectivity index (χ3n) is 4.37. The Balaban J connectivity index is 1.62. The van der Waals surface area contributed by atoms with Crippen molar-refractivity contribution in [3.05, 3.63) is 35.7 Å². The van der Waals surface area contributed by atoms with E-state index in [2.05, 4.69) is 10.1 Å². The van der Waals surface area contributed by atoms with E-state index >= 15 is 0 Å². The Morgan fingerprint density at radius 2 is 2.17 bits per heavy atom. The number of hydrogen-bond acceptors (Lipinski definition) is 6. The highest BCUT2D eigenvalue weighted by Gasteiger charge is 2.26. The lowest BCUT2D eigenvalue weighted by Gasteiger charge is -2.32. The van der Waals surface area contributed by atoms with Crippen LogP contribution in [0.15, 0.2) is 28.8 Å². The first-order chi connectivity index (χ1) is 11.5. The van der Waals surface area contributed by atoms with Crippen LogP contribution in [0.25, 0.3) is 11.4 Å². The number of piperidine rings is 1. The molecule has 7 heteroatoms. The molecule has 2 N–H and O–H groups in total. The Kier molecular flexibility index (Phi) is 4.92. The maximum Gasteiger partial charge on any atom is 0.307 e. The van der Waals surface area contributed by atoms with Crippen LogP contribution in [0, 0.1) is 12.8 Å². The largest absolute Gasteiger partial charge is 0.481 e. The van der Waals surface area contributed by atoms with Gasteiger partial charge in [0.15, 0.2) is 0 Å². The lowest BCUT2D eigenvalue weighted by atomic mass is 9.97. The van der Waals surface area contributed by atoms with Crippen molar-refractivity contribution < 1.29 is 19.5 Å². The van der Waals surface area contributed by atoms with E-state index in [1.807, 2.05) is 29.2 Å². The maximum atomic E-state index is 11.1. The number of β-amino-alcohol motifs (C(OH)–C–C–N with tert-alkyl or cyclic N) is 1. The molecule has 2 atom stereocenters. The molecule has 0 saturated carbocycles. The van der Waals surface area contributed by atoms with Crippen molar-refractivity contribution in [2.24, 2.45) is 5.92 Å². The Morgan fingerprint density at radius 3 is 2.79 bits per heavy atom. The van der Waals surface area contributed by atoms with Gasteiger partial charge in [0, 0.05) is 25.6 Å². The standard InChI is InChI=1S/C17H21N3O4/c1-11-18-16(19-24-11)13-6-4-12(5-7-13)15(21)10-20-8-2-3-14(9-20)17(22)23/h4-7,14-15,21H,2-3,8-10H2,1H3,(H,22,23)/t14-,15?/m0/s1. The molecule has 2 heterocycles. The van der Waals surface area contributed by atoms with Gasteiger partial charge in [-0.2, -0.15) is 4.98 Å². The number of aryl methyl sites for hydroxylation is 1. The van der Waals surface area contributed by atoms with Gasteiger partial charge in [-0.05, 0) is 24.9 Å². The molecule has 1 unspecified atom stereocenters. The zero-order valence-electron chi connectivity index (χ0n) is 13.6. The Labute approximate surface area is 139 Å². The summed E-state index contributed by atoms with van der Waals surface area (Å²) in [6, 6.07) is 7.37. The van der Waals surface area contributed by atoms with Crippen molar-refractivity contribution in [2.45, 2.75) is 25.9 Å². The van der Waals surface area contributed by atoms with Crippen LogP contribution in [0.4, 0.5) is 0 Å². The van der Waals surface area contributed by atoms with E-state index in [4.69, 9.17) is 9.63 Å². The number of benzene rings is 1. The van der Waals surface area contributed by atoms with Gasteiger partial charge in [0.05, 0.1) is 12.0 Å². The molecule has 24 heavy (non-hydrogen) atoms. The molecule has 1 saturated heterocycles. The Hall–Kier alpha value is -2.25. The van der Waals surface area contributed by atoms with Gasteiger partial charge in [-0.25, -0.2) is 0 Å². The number of aromatic nitrogens is 2. The van der Waals surface area contributed by atoms with E-state index in [1.165, 1.54) is 0 Å². The van der Waals surface area contributed by atoms with Crippen LogP contribution in [0.5, 0.6) is 0 Å². The predicted octanol–water partition coefficient (Wildman–Crippen LogP) is 1.88. The summed E-state index contributed by atoms with van der Waals surface area (Å²) in [5, 5.41) is 23.4. The predicted molar refractivity (Wildman–Crippen MR) is 86.2 cm³/mol. The second-order valence-electron chi connectivity index (χ2n) is 6.21. The molecule has 1 aromatic carbocycles. The van der Waals surface area contributed by atoms with Crippen molar-refractivity contribution >= 4 is 5.97 Å². The van der Waals surface area contributed by atoms with Crippen LogP contribution in [0.2, 0.25) is 0 Å². The van der Waals surface area contributed by atoms with Crippen molar-refractivity contribution in [2.75, 3.05) is 19.6 Å². The second kappa shape index (κ2) is 7.11. The average Bonchev–Trinajstić information content (AvgIpc) is 3.01. The first-order valence-electron chi connectivity index (χ1n) is 8.07. The van der Waals surface area contributed by atoms with Crippen LogP contribution in [-0.4, -0.2) is 50.9 Å². The molecule has 0 aliphatic carbocycles. The number of likely N-dealkylation sites (tertiary alicyclic amines) is 1. The first kappa shape index (κ1) is 16.6. The zero-order valence-corrected chi connectivity index (χ0v) is 13.6. The van der Waals surface area contributed by atoms with Gasteiger partial charge in [-0.15, -0.1) is 0 Å². The van der Waals surface area contributed by atoms with E-state index in [9.17, 15) is 9.90 Å². The van der Waals surface area contributed by atoms with Crippen LogP contribution >= 0.6 is 0 Å². The molecule has 2 aromatic rings. The molecule has 1 aromatic heterocycles. The number of nitrogens with zero attached hydrogens (tertiary/aromatic N) is 3. The number of aliphatic carboxylic acids is 1. The van der Waals surface area contributed by atoms with Crippen LogP contribution in [-0.2, 0) is 4.79 Å². The fourth-order valence-electron chi connectivity index (χ4n) is 3.04. The highest BCUT2D eigenvalue weighted by molar-refractivity contribution is 5.70. The minimum Gasteiger partial charge on any atom is -0.481 e. The second-order valence-corrected chi connectivity index (χ2v) is 6.21. The van der Waals surface area contributed by atoms with Crippen molar-refractivity contribution in [1.29, 1.82) is 0 Å². The summed E-state index contributed by atoms with van der Waals surface area (Å²) in [4.78, 5) is 17.3. The first-order valence-corrected chi connectivity index (χ1v) is 8.07. The van der Waals surface area contributed by atoms with Crippen molar-refractivity contribution in [3.63, 3.8) is 0 Å². The summed E-state index contributed by atoms with van der Waals surface area (Å²) in [5.74, 6) is -0.0650. The normalized spacial score (nSPS) is 20.0. The fraction of sp³-hybridized carbons (Fsp3) is 0.471. The summed E-state index contributed by atoms with van der Waals surface area (Å²) in [6.45, 7) is 3.48. The third-order valence-corrected chi connectivity index (χ3v) is 4.37. The molecule has 0 spiro atoms. The Morgan fingerprint density at radius 1 is 1.42 bits per heavy atom. The summed E-state index contributed by atoms with van der Waals surface area (Å²) in [6.07, 6.45) is 0.902. The number of carboxylic acids is 1. The SMILES string of the molecule is Cc1nc(-c2ccc(C(O)CN3CCC[C@H](C(=O)O)C3)cc2)no1. The van der Waals surface area contributed by atoms with Gasteiger partial charge in [-0.1, -0.05) is 29.4 Å². The topological polar surface area (TPSA) is 99.7 Å². The Bertz CT molecular complexity index is 698. The molecule has 0 radical (unpaired) electrons. The molecule has 1 aliphatic heterocycles. The highest BCUT2D eigenvalue weighted by atomic mass is 16.5. The summed E-state index contributed by atoms with van der Waals surface area (Å²) < 4.78 is 4.96. The van der Waals surface area contributed by atoms with E-state index in [0.717, 1.165) is 24.1 Å².